The standard InChI is InChI=1S/C11H17N2O7P/c1-9-6-13(11(15)12-10(9)14)4-2-3-5-19-7-20-8-21(16,17)18/h2-3,6H,4-5,7-8H2,1H3,(H,12,14,15)(H2,16,17,18)/b3-2-. The molecule has 0 atom stereocenters. The third-order valence-corrected chi connectivity index (χ3v) is 2.82. The molecule has 21 heavy (non-hydrogen) atoms. The normalized spacial score (nSPS) is 12.1. The molecule has 0 bridgehead atoms. The topological polar surface area (TPSA) is 131 Å². The van der Waals surface area contributed by atoms with E-state index in [2.05, 4.69) is 9.72 Å². The number of rotatable bonds is 8. The molecule has 1 aromatic heterocycles. The fraction of sp³-hybridized carbons (Fsp3) is 0.455. The number of hydrogen-bond donors (Lipinski definition) is 3. The van der Waals surface area contributed by atoms with Crippen molar-refractivity contribution in [2.45, 2.75) is 13.5 Å². The van der Waals surface area contributed by atoms with E-state index in [4.69, 9.17) is 14.5 Å². The average Bonchev–Trinajstić information content (AvgIpc) is 2.37. The zero-order valence-corrected chi connectivity index (χ0v) is 12.3. The molecular formula is C11H17N2O7P. The summed E-state index contributed by atoms with van der Waals surface area (Å²) in [6.45, 7) is 1.79. The Morgan fingerprint density at radius 2 is 2.05 bits per heavy atom. The molecule has 1 rings (SSSR count). The van der Waals surface area contributed by atoms with Gasteiger partial charge in [0.15, 0.2) is 6.35 Å². The predicted molar refractivity (Wildman–Crippen MR) is 74.0 cm³/mol. The highest BCUT2D eigenvalue weighted by Gasteiger charge is 2.11. The molecule has 3 N–H and O–H groups in total. The van der Waals surface area contributed by atoms with Crippen LogP contribution in [0.1, 0.15) is 5.56 Å². The van der Waals surface area contributed by atoms with E-state index >= 15 is 0 Å². The van der Waals surface area contributed by atoms with Crippen LogP contribution in [-0.4, -0.2) is 39.1 Å². The van der Waals surface area contributed by atoms with E-state index in [0.29, 0.717) is 5.56 Å². The number of hydrogen-bond acceptors (Lipinski definition) is 5. The highest BCUT2D eigenvalue weighted by molar-refractivity contribution is 7.51. The number of ether oxygens (including phenoxy) is 2. The summed E-state index contributed by atoms with van der Waals surface area (Å²) >= 11 is 0. The van der Waals surface area contributed by atoms with Gasteiger partial charge in [-0.15, -0.1) is 0 Å². The van der Waals surface area contributed by atoms with E-state index in [1.165, 1.54) is 10.8 Å². The van der Waals surface area contributed by atoms with E-state index in [1.54, 1.807) is 19.1 Å². The molecule has 1 aromatic rings. The summed E-state index contributed by atoms with van der Waals surface area (Å²) in [5.74, 6) is 0. The first kappa shape index (κ1) is 17.5. The average molecular weight is 320 g/mol. The van der Waals surface area contributed by atoms with Gasteiger partial charge in [0.05, 0.1) is 6.61 Å². The van der Waals surface area contributed by atoms with Crippen LogP contribution in [0.25, 0.3) is 0 Å². The van der Waals surface area contributed by atoms with Crippen molar-refractivity contribution in [3.8, 4) is 0 Å². The Balaban J connectivity index is 2.30. The molecule has 0 aliphatic rings. The molecule has 0 aliphatic heterocycles. The Morgan fingerprint density at radius 1 is 1.33 bits per heavy atom. The summed E-state index contributed by atoms with van der Waals surface area (Å²) in [6, 6.07) is 0. The number of nitrogens with zero attached hydrogens (tertiary/aromatic N) is 1. The van der Waals surface area contributed by atoms with Gasteiger partial charge in [-0.25, -0.2) is 4.79 Å². The lowest BCUT2D eigenvalue weighted by molar-refractivity contribution is -0.0311. The van der Waals surface area contributed by atoms with Crippen molar-refractivity contribution >= 4 is 7.60 Å². The Bertz CT molecular complexity index is 643. The van der Waals surface area contributed by atoms with Gasteiger partial charge >= 0.3 is 13.3 Å². The van der Waals surface area contributed by atoms with Gasteiger partial charge in [-0.3, -0.25) is 18.9 Å². The summed E-state index contributed by atoms with van der Waals surface area (Å²) in [5, 5.41) is 0. The van der Waals surface area contributed by atoms with Gasteiger partial charge in [0.2, 0.25) is 0 Å². The van der Waals surface area contributed by atoms with E-state index in [9.17, 15) is 14.2 Å². The first-order valence-electron chi connectivity index (χ1n) is 5.95. The Kier molecular flexibility index (Phi) is 6.73. The molecule has 0 radical (unpaired) electrons. The van der Waals surface area contributed by atoms with Gasteiger partial charge < -0.3 is 19.3 Å². The second-order valence-electron chi connectivity index (χ2n) is 4.18. The molecular weight excluding hydrogens is 303 g/mol. The summed E-state index contributed by atoms with van der Waals surface area (Å²) in [4.78, 5) is 41.8. The Morgan fingerprint density at radius 3 is 2.71 bits per heavy atom. The van der Waals surface area contributed by atoms with Crippen LogP contribution in [0, 0.1) is 6.92 Å². The summed E-state index contributed by atoms with van der Waals surface area (Å²) in [5.41, 5.74) is -0.475. The molecule has 0 aliphatic carbocycles. The molecule has 9 nitrogen and oxygen atoms in total. The van der Waals surface area contributed by atoms with E-state index in [-0.39, 0.29) is 19.9 Å². The van der Waals surface area contributed by atoms with E-state index in [0.717, 1.165) is 0 Å². The number of aromatic amines is 1. The molecule has 0 spiro atoms. The van der Waals surface area contributed by atoms with Crippen LogP contribution in [0.15, 0.2) is 27.9 Å². The Hall–Kier alpha value is -1.51. The monoisotopic (exact) mass is 320 g/mol. The predicted octanol–water partition coefficient (Wildman–Crippen LogP) is -0.473. The maximum absolute atomic E-state index is 11.4. The molecule has 10 heteroatoms. The van der Waals surface area contributed by atoms with Gasteiger partial charge in [-0.2, -0.15) is 0 Å². The zero-order chi connectivity index (χ0) is 15.9. The second kappa shape index (κ2) is 8.06. The summed E-state index contributed by atoms with van der Waals surface area (Å²) in [7, 11) is -4.17. The Labute approximate surface area is 120 Å². The quantitative estimate of drug-likeness (QED) is 0.255. The maximum Gasteiger partial charge on any atom is 0.351 e. The van der Waals surface area contributed by atoms with Gasteiger partial charge in [-0.05, 0) is 6.92 Å². The fourth-order valence-corrected chi connectivity index (χ4v) is 1.65. The molecule has 118 valence electrons. The first-order chi connectivity index (χ1) is 9.79. The molecule has 0 saturated heterocycles. The van der Waals surface area contributed by atoms with Crippen LogP contribution < -0.4 is 11.2 Å². The van der Waals surface area contributed by atoms with Crippen LogP contribution >= 0.6 is 7.60 Å². The minimum absolute atomic E-state index is 0.165. The number of nitrogens with one attached hydrogen (secondary N) is 1. The first-order valence-corrected chi connectivity index (χ1v) is 7.75. The lowest BCUT2D eigenvalue weighted by Crippen LogP contribution is -2.30. The van der Waals surface area contributed by atoms with Crippen LogP contribution in [0.5, 0.6) is 0 Å². The van der Waals surface area contributed by atoms with Crippen LogP contribution in [0.3, 0.4) is 0 Å². The van der Waals surface area contributed by atoms with Crippen molar-refractivity contribution in [1.29, 1.82) is 0 Å². The van der Waals surface area contributed by atoms with Crippen molar-refractivity contribution in [1.82, 2.24) is 9.55 Å². The SMILES string of the molecule is Cc1cn(C/C=C\COCOCP(=O)(O)O)c(=O)[nH]c1=O. The van der Waals surface area contributed by atoms with E-state index < -0.39 is 25.2 Å². The lowest BCUT2D eigenvalue weighted by atomic mass is 10.4. The third kappa shape index (κ3) is 7.16. The minimum Gasteiger partial charge on any atom is -0.351 e. The van der Waals surface area contributed by atoms with Crippen LogP contribution in [0.4, 0.5) is 0 Å². The van der Waals surface area contributed by atoms with Gasteiger partial charge in [-0.1, -0.05) is 12.2 Å². The molecule has 0 unspecified atom stereocenters. The second-order valence-corrected chi connectivity index (χ2v) is 5.77. The van der Waals surface area contributed by atoms with Gasteiger partial charge in [0.25, 0.3) is 5.56 Å². The number of aromatic nitrogens is 2. The van der Waals surface area contributed by atoms with Crippen molar-refractivity contribution in [2.24, 2.45) is 0 Å². The fourth-order valence-electron chi connectivity index (χ4n) is 1.34. The molecule has 0 saturated carbocycles. The number of H-pyrrole nitrogens is 1. The van der Waals surface area contributed by atoms with Gasteiger partial charge in [0, 0.05) is 18.3 Å². The van der Waals surface area contributed by atoms with Crippen LogP contribution in [0.2, 0.25) is 0 Å². The van der Waals surface area contributed by atoms with Crippen molar-refractivity contribution in [2.75, 3.05) is 19.7 Å². The summed E-state index contributed by atoms with van der Waals surface area (Å²) in [6.07, 6.45) is 4.04. The van der Waals surface area contributed by atoms with Crippen molar-refractivity contribution in [3.63, 3.8) is 0 Å². The molecule has 0 aromatic carbocycles. The molecule has 0 fully saturated rings. The van der Waals surface area contributed by atoms with Crippen molar-refractivity contribution < 1.29 is 23.8 Å². The zero-order valence-electron chi connectivity index (χ0n) is 11.4. The molecule has 0 amide bonds. The van der Waals surface area contributed by atoms with Gasteiger partial charge in [0.1, 0.15) is 6.79 Å². The van der Waals surface area contributed by atoms with Crippen molar-refractivity contribution in [3.05, 3.63) is 44.8 Å². The highest BCUT2D eigenvalue weighted by Crippen LogP contribution is 2.33. The molecule has 1 heterocycles. The van der Waals surface area contributed by atoms with E-state index in [1.807, 2.05) is 0 Å². The maximum atomic E-state index is 11.4. The third-order valence-electron chi connectivity index (χ3n) is 2.30. The van der Waals surface area contributed by atoms with Crippen LogP contribution in [-0.2, 0) is 20.6 Å². The smallest absolute Gasteiger partial charge is 0.351 e. The number of aryl methyl sites for hydroxylation is 1. The summed E-state index contributed by atoms with van der Waals surface area (Å²) < 4.78 is 21.3. The largest absolute Gasteiger partial charge is 0.351 e. The number of allylic oxidation sites excluding steroid dienone is 1. The highest BCUT2D eigenvalue weighted by atomic mass is 31.2. The minimum atomic E-state index is -4.17. The lowest BCUT2D eigenvalue weighted by Gasteiger charge is -2.05.